The van der Waals surface area contributed by atoms with Crippen molar-refractivity contribution >= 4 is 5.82 Å². The fourth-order valence-electron chi connectivity index (χ4n) is 2.22. The molecule has 3 aromatic heterocycles. The second-order valence-corrected chi connectivity index (χ2v) is 5.46. The molecule has 0 spiro atoms. The van der Waals surface area contributed by atoms with Crippen LogP contribution in [0.25, 0.3) is 0 Å². The Morgan fingerprint density at radius 2 is 1.91 bits per heavy atom. The third-order valence-corrected chi connectivity index (χ3v) is 3.39. The molecule has 0 amide bonds. The second-order valence-electron chi connectivity index (χ2n) is 5.46. The Balaban J connectivity index is 1.74. The van der Waals surface area contributed by atoms with Crippen LogP contribution in [0.3, 0.4) is 0 Å². The van der Waals surface area contributed by atoms with E-state index in [0.29, 0.717) is 13.1 Å². The maximum absolute atomic E-state index is 11.7. The molecule has 0 atom stereocenters. The zero-order chi connectivity index (χ0) is 16.2. The minimum Gasteiger partial charge on any atom is -0.363 e. The van der Waals surface area contributed by atoms with Gasteiger partial charge in [0.2, 0.25) is 0 Å². The number of hydrogen-bond donors (Lipinski definition) is 0. The molecule has 3 rings (SSSR count). The van der Waals surface area contributed by atoms with Gasteiger partial charge in [0.15, 0.2) is 0 Å². The van der Waals surface area contributed by atoms with E-state index in [0.717, 1.165) is 17.2 Å². The van der Waals surface area contributed by atoms with Gasteiger partial charge in [-0.15, -0.1) is 5.10 Å². The van der Waals surface area contributed by atoms with Crippen LogP contribution in [0.15, 0.2) is 53.6 Å². The maximum Gasteiger partial charge on any atom is 0.250 e. The van der Waals surface area contributed by atoms with Crippen LogP contribution in [0.5, 0.6) is 0 Å². The van der Waals surface area contributed by atoms with E-state index in [1.807, 2.05) is 49.5 Å². The average molecular weight is 310 g/mol. The van der Waals surface area contributed by atoms with E-state index in [9.17, 15) is 4.79 Å². The molecular formula is C16H18N6O. The second kappa shape index (κ2) is 6.43. The van der Waals surface area contributed by atoms with E-state index in [1.165, 1.54) is 6.07 Å². The molecule has 0 aromatic carbocycles. The Bertz CT molecular complexity index is 851. The minimum atomic E-state index is -0.0533. The molecule has 0 aliphatic rings. The van der Waals surface area contributed by atoms with Gasteiger partial charge in [-0.05, 0) is 18.2 Å². The van der Waals surface area contributed by atoms with Gasteiger partial charge < -0.3 is 9.47 Å². The van der Waals surface area contributed by atoms with Crippen molar-refractivity contribution in [3.05, 3.63) is 70.5 Å². The summed E-state index contributed by atoms with van der Waals surface area (Å²) in [5.74, 6) is 0.902. The summed E-state index contributed by atoms with van der Waals surface area (Å²) in [6, 6.07) is 11.0. The molecule has 0 N–H and O–H groups in total. The van der Waals surface area contributed by atoms with Crippen LogP contribution < -0.4 is 10.5 Å². The van der Waals surface area contributed by atoms with E-state index < -0.39 is 0 Å². The van der Waals surface area contributed by atoms with Crippen LogP contribution in [0.4, 0.5) is 5.82 Å². The van der Waals surface area contributed by atoms with Crippen LogP contribution in [0.1, 0.15) is 11.4 Å². The summed E-state index contributed by atoms with van der Waals surface area (Å²) in [5.41, 5.74) is 1.59. The molecule has 3 aromatic rings. The highest BCUT2D eigenvalue weighted by atomic mass is 16.1. The van der Waals surface area contributed by atoms with Crippen LogP contribution in [0.2, 0.25) is 0 Å². The molecule has 118 valence electrons. The van der Waals surface area contributed by atoms with Gasteiger partial charge >= 0.3 is 0 Å². The zero-order valence-corrected chi connectivity index (χ0v) is 13.1. The summed E-state index contributed by atoms with van der Waals surface area (Å²) in [6.07, 6.45) is 3.58. The van der Waals surface area contributed by atoms with Crippen LogP contribution in [-0.2, 0) is 13.1 Å². The molecule has 0 aliphatic carbocycles. The van der Waals surface area contributed by atoms with Crippen molar-refractivity contribution in [3.8, 4) is 0 Å². The van der Waals surface area contributed by atoms with Gasteiger partial charge in [-0.25, -0.2) is 9.67 Å². The third kappa shape index (κ3) is 3.63. The van der Waals surface area contributed by atoms with Gasteiger partial charge in [-0.3, -0.25) is 4.79 Å². The van der Waals surface area contributed by atoms with Crippen LogP contribution >= 0.6 is 0 Å². The van der Waals surface area contributed by atoms with E-state index in [1.54, 1.807) is 21.5 Å². The fourth-order valence-corrected chi connectivity index (χ4v) is 2.22. The normalized spacial score (nSPS) is 10.7. The Kier molecular flexibility index (Phi) is 4.18. The Morgan fingerprint density at radius 3 is 2.70 bits per heavy atom. The smallest absolute Gasteiger partial charge is 0.250 e. The molecule has 0 aliphatic heterocycles. The molecule has 0 bridgehead atoms. The van der Waals surface area contributed by atoms with E-state index in [-0.39, 0.29) is 5.56 Å². The molecule has 0 radical (unpaired) electrons. The predicted molar refractivity (Wildman–Crippen MR) is 87.5 cm³/mol. The molecule has 0 saturated heterocycles. The zero-order valence-electron chi connectivity index (χ0n) is 13.1. The Labute approximate surface area is 133 Å². The number of anilines is 1. The monoisotopic (exact) mass is 310 g/mol. The SMILES string of the molecule is CN(C)c1cccc(Cn2cc(Cn3ccccc3=O)nn2)n1. The van der Waals surface area contributed by atoms with Crippen molar-refractivity contribution in [2.24, 2.45) is 0 Å². The summed E-state index contributed by atoms with van der Waals surface area (Å²) in [6.45, 7) is 0.948. The summed E-state index contributed by atoms with van der Waals surface area (Å²) >= 11 is 0. The molecule has 0 saturated carbocycles. The van der Waals surface area contributed by atoms with Crippen molar-refractivity contribution < 1.29 is 0 Å². The largest absolute Gasteiger partial charge is 0.363 e. The summed E-state index contributed by atoms with van der Waals surface area (Å²) in [4.78, 5) is 18.2. The van der Waals surface area contributed by atoms with Crippen LogP contribution in [0, 0.1) is 0 Å². The molecule has 23 heavy (non-hydrogen) atoms. The van der Waals surface area contributed by atoms with Crippen LogP contribution in [-0.4, -0.2) is 38.6 Å². The molecule has 0 fully saturated rings. The Hall–Kier alpha value is -2.96. The van der Waals surface area contributed by atoms with Gasteiger partial charge in [-0.2, -0.15) is 0 Å². The molecular weight excluding hydrogens is 292 g/mol. The first-order valence-electron chi connectivity index (χ1n) is 7.29. The number of rotatable bonds is 5. The topological polar surface area (TPSA) is 68.8 Å². The fraction of sp³-hybridized carbons (Fsp3) is 0.250. The van der Waals surface area contributed by atoms with Crippen molar-refractivity contribution in [2.75, 3.05) is 19.0 Å². The van der Waals surface area contributed by atoms with Crippen molar-refractivity contribution in [3.63, 3.8) is 0 Å². The predicted octanol–water partition coefficient (Wildman–Crippen LogP) is 0.997. The highest BCUT2D eigenvalue weighted by Gasteiger charge is 2.05. The van der Waals surface area contributed by atoms with E-state index in [2.05, 4.69) is 15.3 Å². The number of hydrogen-bond acceptors (Lipinski definition) is 5. The highest BCUT2D eigenvalue weighted by Crippen LogP contribution is 2.09. The summed E-state index contributed by atoms with van der Waals surface area (Å²) in [7, 11) is 3.91. The van der Waals surface area contributed by atoms with E-state index >= 15 is 0 Å². The van der Waals surface area contributed by atoms with Crippen molar-refractivity contribution in [2.45, 2.75) is 13.1 Å². The lowest BCUT2D eigenvalue weighted by Gasteiger charge is -2.11. The first kappa shape index (κ1) is 15.0. The quantitative estimate of drug-likeness (QED) is 0.703. The van der Waals surface area contributed by atoms with Gasteiger partial charge in [0, 0.05) is 26.4 Å². The maximum atomic E-state index is 11.7. The number of nitrogens with zero attached hydrogens (tertiary/aromatic N) is 6. The summed E-state index contributed by atoms with van der Waals surface area (Å²) in [5, 5.41) is 8.23. The lowest BCUT2D eigenvalue weighted by atomic mass is 10.3. The molecule has 7 heteroatoms. The summed E-state index contributed by atoms with van der Waals surface area (Å²) < 4.78 is 3.32. The first-order valence-corrected chi connectivity index (χ1v) is 7.29. The third-order valence-electron chi connectivity index (χ3n) is 3.39. The van der Waals surface area contributed by atoms with Gasteiger partial charge in [0.05, 0.1) is 25.0 Å². The number of pyridine rings is 2. The van der Waals surface area contributed by atoms with Crippen molar-refractivity contribution in [1.29, 1.82) is 0 Å². The minimum absolute atomic E-state index is 0.0533. The van der Waals surface area contributed by atoms with Gasteiger partial charge in [-0.1, -0.05) is 17.3 Å². The standard InChI is InChI=1S/C16H18N6O/c1-20(2)15-7-5-6-13(17-15)11-22-12-14(18-19-22)10-21-9-4-3-8-16(21)23/h3-9,12H,10-11H2,1-2H3. The van der Waals surface area contributed by atoms with Gasteiger partial charge in [0.1, 0.15) is 11.5 Å². The van der Waals surface area contributed by atoms with E-state index in [4.69, 9.17) is 0 Å². The van der Waals surface area contributed by atoms with Gasteiger partial charge in [0.25, 0.3) is 5.56 Å². The lowest BCUT2D eigenvalue weighted by molar-refractivity contribution is 0.637. The molecule has 3 heterocycles. The Morgan fingerprint density at radius 1 is 1.04 bits per heavy atom. The van der Waals surface area contributed by atoms with Crippen molar-refractivity contribution in [1.82, 2.24) is 24.5 Å². The molecule has 0 unspecified atom stereocenters. The highest BCUT2D eigenvalue weighted by molar-refractivity contribution is 5.37. The average Bonchev–Trinajstić information content (AvgIpc) is 2.97. The molecule has 7 nitrogen and oxygen atoms in total. The lowest BCUT2D eigenvalue weighted by Crippen LogP contribution is -2.18. The number of aromatic nitrogens is 5. The first-order chi connectivity index (χ1) is 11.1.